The first kappa shape index (κ1) is 13.2. The molecule has 102 valence electrons. The van der Waals surface area contributed by atoms with Crippen molar-refractivity contribution in [2.24, 2.45) is 5.92 Å². The predicted octanol–water partition coefficient (Wildman–Crippen LogP) is 4.38. The molecule has 0 aromatic heterocycles. The third-order valence-electron chi connectivity index (χ3n) is 4.29. The molecule has 2 atom stereocenters. The van der Waals surface area contributed by atoms with Crippen LogP contribution in [-0.4, -0.2) is 16.3 Å². The van der Waals surface area contributed by atoms with Gasteiger partial charge in [0.2, 0.25) is 0 Å². The molecule has 0 saturated carbocycles. The Balaban J connectivity index is 1.80. The highest BCUT2D eigenvalue weighted by Gasteiger charge is 2.36. The number of hydrogen-bond acceptors (Lipinski definition) is 2. The fourth-order valence-corrected chi connectivity index (χ4v) is 5.15. The number of halogens is 1. The molecule has 0 N–H and O–H groups in total. The summed E-state index contributed by atoms with van der Waals surface area (Å²) in [5, 5.41) is 1.24. The van der Waals surface area contributed by atoms with Crippen molar-refractivity contribution in [3.05, 3.63) is 35.1 Å². The van der Waals surface area contributed by atoms with Gasteiger partial charge in [-0.2, -0.15) is 11.8 Å². The number of thioether (sulfide) groups is 1. The Hall–Kier alpha value is -0.830. The zero-order valence-electron chi connectivity index (χ0n) is 11.2. The highest BCUT2D eigenvalue weighted by molar-refractivity contribution is 8.00. The molecule has 2 fully saturated rings. The largest absolute Gasteiger partial charge is 0.294 e. The summed E-state index contributed by atoms with van der Waals surface area (Å²) < 4.78 is 13.9. The second kappa shape index (κ2) is 5.28. The van der Waals surface area contributed by atoms with Crippen LogP contribution in [0, 0.1) is 18.7 Å². The molecule has 1 nitrogen and oxygen atoms in total. The van der Waals surface area contributed by atoms with Crippen LogP contribution in [-0.2, 0) is 0 Å². The van der Waals surface area contributed by atoms with Crippen molar-refractivity contribution >= 4 is 17.5 Å². The SMILES string of the molecule is Cc1ccc(C(=O)C2CC3CCCC(C2)S3)c(F)c1. The summed E-state index contributed by atoms with van der Waals surface area (Å²) in [5.74, 6) is -0.295. The van der Waals surface area contributed by atoms with E-state index in [0.717, 1.165) is 18.4 Å². The second-order valence-electron chi connectivity index (χ2n) is 5.83. The molecule has 2 aliphatic heterocycles. The number of rotatable bonds is 2. The first-order valence-electron chi connectivity index (χ1n) is 7.09. The lowest BCUT2D eigenvalue weighted by atomic mass is 9.84. The number of carbonyl (C=O) groups excluding carboxylic acids is 1. The summed E-state index contributed by atoms with van der Waals surface area (Å²) in [5.41, 5.74) is 1.16. The predicted molar refractivity (Wildman–Crippen MR) is 77.2 cm³/mol. The number of fused-ring (bicyclic) bond motifs is 2. The third kappa shape index (κ3) is 2.71. The first-order chi connectivity index (χ1) is 9.13. The monoisotopic (exact) mass is 278 g/mol. The molecule has 3 heteroatoms. The zero-order chi connectivity index (χ0) is 13.4. The van der Waals surface area contributed by atoms with Gasteiger partial charge in [0.1, 0.15) is 5.82 Å². The van der Waals surface area contributed by atoms with Gasteiger partial charge in [0.05, 0.1) is 5.56 Å². The molecule has 2 unspecified atom stereocenters. The van der Waals surface area contributed by atoms with Crippen LogP contribution in [0.25, 0.3) is 0 Å². The van der Waals surface area contributed by atoms with Crippen LogP contribution >= 0.6 is 11.8 Å². The average Bonchev–Trinajstić information content (AvgIpc) is 2.37. The lowest BCUT2D eigenvalue weighted by molar-refractivity contribution is 0.0892. The number of benzene rings is 1. The lowest BCUT2D eigenvalue weighted by Crippen LogP contribution is -2.33. The Kier molecular flexibility index (Phi) is 3.66. The van der Waals surface area contributed by atoms with E-state index < -0.39 is 0 Å². The van der Waals surface area contributed by atoms with Crippen molar-refractivity contribution in [3.8, 4) is 0 Å². The van der Waals surface area contributed by atoms with E-state index in [0.29, 0.717) is 16.1 Å². The quantitative estimate of drug-likeness (QED) is 0.747. The summed E-state index contributed by atoms with van der Waals surface area (Å²) in [6.45, 7) is 1.85. The molecule has 3 rings (SSSR count). The molecule has 1 aromatic carbocycles. The van der Waals surface area contributed by atoms with Crippen molar-refractivity contribution in [3.63, 3.8) is 0 Å². The maximum Gasteiger partial charge on any atom is 0.168 e. The van der Waals surface area contributed by atoms with Crippen molar-refractivity contribution in [2.45, 2.75) is 49.5 Å². The van der Waals surface area contributed by atoms with E-state index in [1.165, 1.54) is 25.3 Å². The molecule has 1 aromatic rings. The average molecular weight is 278 g/mol. The molecule has 0 radical (unpaired) electrons. The Labute approximate surface area is 118 Å². The number of carbonyl (C=O) groups is 1. The van der Waals surface area contributed by atoms with Gasteiger partial charge >= 0.3 is 0 Å². The van der Waals surface area contributed by atoms with Crippen LogP contribution in [0.2, 0.25) is 0 Å². The van der Waals surface area contributed by atoms with Gasteiger partial charge in [0.25, 0.3) is 0 Å². The highest BCUT2D eigenvalue weighted by Crippen LogP contribution is 2.44. The number of aryl methyl sites for hydroxylation is 1. The van der Waals surface area contributed by atoms with Gasteiger partial charge in [0, 0.05) is 16.4 Å². The maximum atomic E-state index is 13.9. The Morgan fingerprint density at radius 2 is 1.95 bits per heavy atom. The highest BCUT2D eigenvalue weighted by atomic mass is 32.2. The van der Waals surface area contributed by atoms with Gasteiger partial charge in [0.15, 0.2) is 5.78 Å². The van der Waals surface area contributed by atoms with E-state index >= 15 is 0 Å². The van der Waals surface area contributed by atoms with Gasteiger partial charge in [-0.3, -0.25) is 4.79 Å². The molecular weight excluding hydrogens is 259 g/mol. The maximum absolute atomic E-state index is 13.9. The van der Waals surface area contributed by atoms with Crippen LogP contribution in [0.5, 0.6) is 0 Å². The molecule has 0 spiro atoms. The number of hydrogen-bond donors (Lipinski definition) is 0. The van der Waals surface area contributed by atoms with E-state index in [1.54, 1.807) is 6.07 Å². The van der Waals surface area contributed by atoms with Crippen LogP contribution < -0.4 is 0 Å². The molecule has 2 bridgehead atoms. The first-order valence-corrected chi connectivity index (χ1v) is 8.03. The van der Waals surface area contributed by atoms with Crippen molar-refractivity contribution in [2.75, 3.05) is 0 Å². The molecule has 2 saturated heterocycles. The second-order valence-corrected chi connectivity index (χ2v) is 7.43. The molecule has 2 heterocycles. The van der Waals surface area contributed by atoms with Crippen LogP contribution in [0.4, 0.5) is 4.39 Å². The van der Waals surface area contributed by atoms with Crippen molar-refractivity contribution in [1.29, 1.82) is 0 Å². The fraction of sp³-hybridized carbons (Fsp3) is 0.562. The van der Waals surface area contributed by atoms with E-state index in [-0.39, 0.29) is 17.5 Å². The number of ketones is 1. The minimum absolute atomic E-state index is 0.0229. The van der Waals surface area contributed by atoms with Gasteiger partial charge in [-0.1, -0.05) is 12.5 Å². The standard InChI is InChI=1S/C16H19FOS/c1-10-5-6-14(15(17)7-10)16(18)11-8-12-3-2-4-13(9-11)19-12/h5-7,11-13H,2-4,8-9H2,1H3. The van der Waals surface area contributed by atoms with Crippen LogP contribution in [0.3, 0.4) is 0 Å². The van der Waals surface area contributed by atoms with Crippen molar-refractivity contribution in [1.82, 2.24) is 0 Å². The minimum atomic E-state index is -0.353. The Bertz CT molecular complexity index is 488. The molecule has 2 aliphatic rings. The summed E-state index contributed by atoms with van der Waals surface area (Å²) >= 11 is 2.05. The van der Waals surface area contributed by atoms with Crippen molar-refractivity contribution < 1.29 is 9.18 Å². The molecule has 19 heavy (non-hydrogen) atoms. The molecule has 0 aliphatic carbocycles. The summed E-state index contributed by atoms with van der Waals surface area (Å²) in [7, 11) is 0. The Morgan fingerprint density at radius 3 is 2.58 bits per heavy atom. The third-order valence-corrected chi connectivity index (χ3v) is 5.92. The number of Topliss-reactive ketones (excluding diaryl/α,β-unsaturated/α-hetero) is 1. The van der Waals surface area contributed by atoms with E-state index in [4.69, 9.17) is 0 Å². The van der Waals surface area contributed by atoms with Crippen LogP contribution in [0.1, 0.15) is 48.0 Å². The molecular formula is C16H19FOS. The van der Waals surface area contributed by atoms with Crippen LogP contribution in [0.15, 0.2) is 18.2 Å². The van der Waals surface area contributed by atoms with Gasteiger partial charge in [-0.05, 0) is 50.3 Å². The summed E-state index contributed by atoms with van der Waals surface area (Å²) in [6, 6.07) is 4.95. The minimum Gasteiger partial charge on any atom is -0.294 e. The van der Waals surface area contributed by atoms with Gasteiger partial charge < -0.3 is 0 Å². The fourth-order valence-electron chi connectivity index (χ4n) is 3.31. The van der Waals surface area contributed by atoms with Gasteiger partial charge in [-0.15, -0.1) is 0 Å². The van der Waals surface area contributed by atoms with E-state index in [9.17, 15) is 9.18 Å². The lowest BCUT2D eigenvalue weighted by Gasteiger charge is -2.38. The Morgan fingerprint density at radius 1 is 1.26 bits per heavy atom. The normalized spacial score (nSPS) is 30.1. The van der Waals surface area contributed by atoms with E-state index in [1.807, 2.05) is 13.0 Å². The zero-order valence-corrected chi connectivity index (χ0v) is 12.0. The smallest absolute Gasteiger partial charge is 0.168 e. The summed E-state index contributed by atoms with van der Waals surface area (Å²) in [4.78, 5) is 12.5. The topological polar surface area (TPSA) is 17.1 Å². The van der Waals surface area contributed by atoms with E-state index in [2.05, 4.69) is 11.8 Å². The van der Waals surface area contributed by atoms with Gasteiger partial charge in [-0.25, -0.2) is 4.39 Å². The summed E-state index contributed by atoms with van der Waals surface area (Å²) in [6.07, 6.45) is 5.62. The molecule has 0 amide bonds.